The molecule has 0 amide bonds. The third-order valence-electron chi connectivity index (χ3n) is 7.06. The van der Waals surface area contributed by atoms with Crippen molar-refractivity contribution in [2.75, 3.05) is 26.3 Å². The van der Waals surface area contributed by atoms with Gasteiger partial charge in [0.05, 0.1) is 11.1 Å². The van der Waals surface area contributed by atoms with Crippen LogP contribution in [0, 0.1) is 5.92 Å². The minimum absolute atomic E-state index is 0.133. The van der Waals surface area contributed by atoms with Crippen LogP contribution in [0.4, 0.5) is 0 Å². The van der Waals surface area contributed by atoms with Crippen molar-refractivity contribution >= 4 is 10.9 Å². The molecule has 2 atom stereocenters. The lowest BCUT2D eigenvalue weighted by Gasteiger charge is -2.37. The van der Waals surface area contributed by atoms with Gasteiger partial charge in [-0.25, -0.2) is 4.68 Å². The van der Waals surface area contributed by atoms with Gasteiger partial charge in [-0.3, -0.25) is 9.69 Å². The number of piperidine rings is 1. The van der Waals surface area contributed by atoms with Crippen LogP contribution in [0.15, 0.2) is 23.0 Å². The molecule has 1 N–H and O–H groups in total. The highest BCUT2D eigenvalue weighted by molar-refractivity contribution is 5.83. The Hall–Kier alpha value is -2.94. The summed E-state index contributed by atoms with van der Waals surface area (Å²) in [4.78, 5) is 18.9. The second kappa shape index (κ2) is 8.44. The fourth-order valence-electron chi connectivity index (χ4n) is 4.87. The van der Waals surface area contributed by atoms with Crippen LogP contribution in [0.2, 0.25) is 0 Å². The van der Waals surface area contributed by atoms with Gasteiger partial charge in [-0.15, -0.1) is 5.10 Å². The van der Waals surface area contributed by atoms with Crippen molar-refractivity contribution in [3.8, 4) is 11.5 Å². The molecule has 3 aromatic rings. The van der Waals surface area contributed by atoms with E-state index in [9.17, 15) is 4.79 Å². The molecule has 1 fully saturated rings. The normalized spacial score (nSPS) is 20.2. The lowest BCUT2D eigenvalue weighted by atomic mass is 9.94. The van der Waals surface area contributed by atoms with Gasteiger partial charge in [-0.2, -0.15) is 0 Å². The molecule has 0 unspecified atom stereocenters. The van der Waals surface area contributed by atoms with Crippen LogP contribution in [0.25, 0.3) is 10.9 Å². The summed E-state index contributed by atoms with van der Waals surface area (Å²) in [7, 11) is 0. The molecule has 0 aliphatic carbocycles. The lowest BCUT2D eigenvalue weighted by molar-refractivity contribution is 0.135. The maximum Gasteiger partial charge on any atom is 0.253 e. The van der Waals surface area contributed by atoms with Crippen LogP contribution < -0.4 is 15.0 Å². The van der Waals surface area contributed by atoms with E-state index in [0.29, 0.717) is 42.0 Å². The Morgan fingerprint density at radius 2 is 1.97 bits per heavy atom. The maximum absolute atomic E-state index is 13.5. The van der Waals surface area contributed by atoms with Gasteiger partial charge < -0.3 is 14.5 Å². The van der Waals surface area contributed by atoms with E-state index in [0.717, 1.165) is 36.8 Å². The van der Waals surface area contributed by atoms with E-state index in [2.05, 4.69) is 53.1 Å². The summed E-state index contributed by atoms with van der Waals surface area (Å²) in [6.07, 6.45) is 3.14. The van der Waals surface area contributed by atoms with Gasteiger partial charge in [0.1, 0.15) is 19.3 Å². The highest BCUT2D eigenvalue weighted by Crippen LogP contribution is 2.36. The van der Waals surface area contributed by atoms with Crippen LogP contribution >= 0.6 is 0 Å². The molecule has 0 saturated carbocycles. The van der Waals surface area contributed by atoms with E-state index in [4.69, 9.17) is 9.47 Å². The maximum atomic E-state index is 13.5. The summed E-state index contributed by atoms with van der Waals surface area (Å²) in [5.74, 6) is 2.61. The molecule has 1 aromatic carbocycles. The van der Waals surface area contributed by atoms with Gasteiger partial charge >= 0.3 is 0 Å². The fraction of sp³-hybridized carbons (Fsp3) is 0.583. The number of pyridine rings is 1. The molecule has 0 radical (unpaired) electrons. The number of H-pyrrole nitrogens is 1. The molecule has 2 aliphatic heterocycles. The highest BCUT2D eigenvalue weighted by Gasteiger charge is 2.35. The number of aromatic amines is 1. The third kappa shape index (κ3) is 3.99. The van der Waals surface area contributed by atoms with E-state index in [1.807, 2.05) is 22.9 Å². The molecule has 1 saturated heterocycles. The number of aromatic nitrogens is 5. The molecule has 0 bridgehead atoms. The largest absolute Gasteiger partial charge is 0.486 e. The molecule has 5 rings (SSSR count). The second-order valence-corrected chi connectivity index (χ2v) is 9.90. The topological polar surface area (TPSA) is 98.2 Å². The summed E-state index contributed by atoms with van der Waals surface area (Å²) in [5, 5.41) is 13.7. The van der Waals surface area contributed by atoms with Gasteiger partial charge in [0, 0.05) is 23.6 Å². The summed E-state index contributed by atoms with van der Waals surface area (Å²) in [6, 6.07) is 5.42. The average molecular weight is 453 g/mol. The molecular weight excluding hydrogens is 420 g/mol. The number of tetrazole rings is 1. The molecule has 2 aliphatic rings. The van der Waals surface area contributed by atoms with Crippen molar-refractivity contribution in [2.24, 2.45) is 5.92 Å². The highest BCUT2D eigenvalue weighted by atomic mass is 16.6. The Kier molecular flexibility index (Phi) is 5.60. The predicted molar refractivity (Wildman–Crippen MR) is 125 cm³/mol. The van der Waals surface area contributed by atoms with E-state index >= 15 is 0 Å². The summed E-state index contributed by atoms with van der Waals surface area (Å²) < 4.78 is 13.4. The molecule has 176 valence electrons. The number of hydrogen-bond acceptors (Lipinski definition) is 7. The van der Waals surface area contributed by atoms with Gasteiger partial charge in [0.25, 0.3) is 5.56 Å². The van der Waals surface area contributed by atoms with E-state index in [-0.39, 0.29) is 17.1 Å². The third-order valence-corrected chi connectivity index (χ3v) is 7.06. The van der Waals surface area contributed by atoms with Gasteiger partial charge in [0.15, 0.2) is 17.3 Å². The Balaban J connectivity index is 1.68. The van der Waals surface area contributed by atoms with Crippen molar-refractivity contribution < 1.29 is 9.47 Å². The zero-order valence-electron chi connectivity index (χ0n) is 19.8. The minimum Gasteiger partial charge on any atom is -0.486 e. The number of hydrogen-bond donors (Lipinski definition) is 1. The Bertz CT molecular complexity index is 1220. The number of fused-ring (bicyclic) bond motifs is 2. The van der Waals surface area contributed by atoms with Crippen molar-refractivity contribution in [3.63, 3.8) is 0 Å². The summed E-state index contributed by atoms with van der Waals surface area (Å²) in [5.41, 5.74) is 0.974. The quantitative estimate of drug-likeness (QED) is 0.634. The molecule has 9 nitrogen and oxygen atoms in total. The number of nitrogens with zero attached hydrogens (tertiary/aromatic N) is 5. The zero-order valence-corrected chi connectivity index (χ0v) is 19.8. The van der Waals surface area contributed by atoms with Crippen molar-refractivity contribution in [1.82, 2.24) is 30.1 Å². The Labute approximate surface area is 193 Å². The number of ether oxygens (including phenoxy) is 2. The Morgan fingerprint density at radius 1 is 1.21 bits per heavy atom. The number of benzene rings is 1. The number of rotatable bonds is 5. The van der Waals surface area contributed by atoms with Gasteiger partial charge in [0.2, 0.25) is 0 Å². The van der Waals surface area contributed by atoms with Crippen LogP contribution in [-0.2, 0) is 5.54 Å². The monoisotopic (exact) mass is 452 g/mol. The minimum atomic E-state index is -0.338. The smallest absolute Gasteiger partial charge is 0.253 e. The average Bonchev–Trinajstić information content (AvgIpc) is 3.29. The standard InChI is InChI=1S/C24H32N6O3/c1-5-24(3,4)30-22(26-27-28-30)21(29-8-6-7-15(2)14-29)17-11-16-12-19-20(33-10-9-32-19)13-18(16)25-23(17)31/h11-13,15,21H,5-10,14H2,1-4H3,(H,25,31)/t15-,21-/m1/s1. The van der Waals surface area contributed by atoms with Crippen LogP contribution in [-0.4, -0.2) is 56.4 Å². The molecule has 4 heterocycles. The van der Waals surface area contributed by atoms with Crippen molar-refractivity contribution in [1.29, 1.82) is 0 Å². The fourth-order valence-corrected chi connectivity index (χ4v) is 4.87. The van der Waals surface area contributed by atoms with Gasteiger partial charge in [-0.05, 0) is 68.1 Å². The van der Waals surface area contributed by atoms with Crippen molar-refractivity contribution in [2.45, 2.75) is 58.5 Å². The van der Waals surface area contributed by atoms with Crippen LogP contribution in [0.1, 0.15) is 64.4 Å². The lowest BCUT2D eigenvalue weighted by Crippen LogP contribution is -2.42. The molecular formula is C24H32N6O3. The van der Waals surface area contributed by atoms with E-state index in [1.165, 1.54) is 6.42 Å². The predicted octanol–water partition coefficient (Wildman–Crippen LogP) is 3.25. The second-order valence-electron chi connectivity index (χ2n) is 9.90. The Morgan fingerprint density at radius 3 is 2.70 bits per heavy atom. The first-order chi connectivity index (χ1) is 15.9. The first kappa shape index (κ1) is 21.9. The molecule has 33 heavy (non-hydrogen) atoms. The van der Waals surface area contributed by atoms with E-state index in [1.54, 1.807) is 0 Å². The summed E-state index contributed by atoms with van der Waals surface area (Å²) in [6.45, 7) is 11.4. The number of nitrogens with one attached hydrogen (secondary N) is 1. The molecule has 0 spiro atoms. The van der Waals surface area contributed by atoms with Crippen LogP contribution in [0.5, 0.6) is 11.5 Å². The number of likely N-dealkylation sites (tertiary alicyclic amines) is 1. The molecule has 9 heteroatoms. The first-order valence-corrected chi connectivity index (χ1v) is 11.9. The SMILES string of the molecule is CCC(C)(C)n1nnnc1[C@@H](c1cc2cc3c(cc2[nH]c1=O)OCCO3)N1CCC[C@@H](C)C1. The first-order valence-electron chi connectivity index (χ1n) is 11.9. The zero-order chi connectivity index (χ0) is 23.2. The summed E-state index contributed by atoms with van der Waals surface area (Å²) >= 11 is 0. The van der Waals surface area contributed by atoms with Crippen LogP contribution in [0.3, 0.4) is 0 Å². The van der Waals surface area contributed by atoms with Crippen molar-refractivity contribution in [3.05, 3.63) is 39.9 Å². The molecule has 2 aromatic heterocycles. The van der Waals surface area contributed by atoms with Gasteiger partial charge in [-0.1, -0.05) is 13.8 Å². The van der Waals surface area contributed by atoms with E-state index < -0.39 is 0 Å².